The van der Waals surface area contributed by atoms with E-state index in [4.69, 9.17) is 14.0 Å². The van der Waals surface area contributed by atoms with Gasteiger partial charge in [0.1, 0.15) is 0 Å². The van der Waals surface area contributed by atoms with E-state index in [1.807, 2.05) is 0 Å². The maximum atomic E-state index is 13.0. The summed E-state index contributed by atoms with van der Waals surface area (Å²) in [7, 11) is 3.04. The third kappa shape index (κ3) is 4.20. The molecule has 1 aliphatic carbocycles. The fraction of sp³-hybridized carbons (Fsp3) is 0.273. The zero-order chi connectivity index (χ0) is 22.9. The summed E-state index contributed by atoms with van der Waals surface area (Å²) in [5.74, 6) is 0.496. The van der Waals surface area contributed by atoms with E-state index in [0.717, 1.165) is 6.07 Å². The highest BCUT2D eigenvalue weighted by Gasteiger charge is 2.54. The lowest BCUT2D eigenvalue weighted by Gasteiger charge is -2.16. The van der Waals surface area contributed by atoms with Gasteiger partial charge in [-0.2, -0.15) is 0 Å². The predicted molar refractivity (Wildman–Crippen MR) is 108 cm³/mol. The summed E-state index contributed by atoms with van der Waals surface area (Å²) in [6.07, 6.45) is -3.91. The van der Waals surface area contributed by atoms with Crippen molar-refractivity contribution >= 4 is 11.6 Å². The van der Waals surface area contributed by atoms with E-state index in [2.05, 4.69) is 15.2 Å². The van der Waals surface area contributed by atoms with Crippen LogP contribution >= 0.6 is 0 Å². The van der Waals surface area contributed by atoms with E-state index in [-0.39, 0.29) is 5.69 Å². The second kappa shape index (κ2) is 8.10. The van der Waals surface area contributed by atoms with Crippen LogP contribution < -0.4 is 19.5 Å². The summed E-state index contributed by atoms with van der Waals surface area (Å²) in [6.45, 7) is 0. The number of benzene rings is 2. The molecule has 1 heterocycles. The Morgan fingerprint density at radius 3 is 2.41 bits per heavy atom. The number of ether oxygens (including phenoxy) is 3. The lowest BCUT2D eigenvalue weighted by atomic mass is 10.00. The van der Waals surface area contributed by atoms with Crippen molar-refractivity contribution in [3.05, 3.63) is 54.2 Å². The smallest absolute Gasteiger partial charge is 0.493 e. The van der Waals surface area contributed by atoms with E-state index < -0.39 is 23.4 Å². The number of para-hydroxylation sites is 2. The third-order valence-corrected chi connectivity index (χ3v) is 5.21. The molecule has 1 aliphatic rings. The minimum Gasteiger partial charge on any atom is -0.493 e. The van der Waals surface area contributed by atoms with Gasteiger partial charge in [-0.1, -0.05) is 17.3 Å². The second-order valence-corrected chi connectivity index (χ2v) is 7.23. The third-order valence-electron chi connectivity index (χ3n) is 5.21. The molecule has 1 fully saturated rings. The fourth-order valence-corrected chi connectivity index (χ4v) is 3.38. The van der Waals surface area contributed by atoms with Gasteiger partial charge in [0.05, 0.1) is 31.0 Å². The number of carbonyl (C=O) groups excluding carboxylic acids is 1. The summed E-state index contributed by atoms with van der Waals surface area (Å²) in [5.41, 5.74) is 0.00385. The number of rotatable bonds is 7. The van der Waals surface area contributed by atoms with E-state index in [0.29, 0.717) is 41.4 Å². The topological polar surface area (TPSA) is 82.8 Å². The Morgan fingerprint density at radius 1 is 1.03 bits per heavy atom. The van der Waals surface area contributed by atoms with Crippen LogP contribution in [-0.4, -0.2) is 31.6 Å². The van der Waals surface area contributed by atoms with Gasteiger partial charge < -0.3 is 24.1 Å². The Morgan fingerprint density at radius 2 is 1.75 bits per heavy atom. The number of hydrogen-bond acceptors (Lipinski definition) is 6. The average Bonchev–Trinajstić information content (AvgIpc) is 3.43. The quantitative estimate of drug-likeness (QED) is 0.552. The van der Waals surface area contributed by atoms with E-state index in [9.17, 15) is 18.0 Å². The average molecular weight is 448 g/mol. The van der Waals surface area contributed by atoms with Gasteiger partial charge in [0, 0.05) is 11.6 Å². The molecule has 0 saturated heterocycles. The number of alkyl halides is 3. The van der Waals surface area contributed by atoms with Crippen molar-refractivity contribution in [1.82, 2.24) is 5.16 Å². The molecule has 0 unspecified atom stereocenters. The monoisotopic (exact) mass is 448 g/mol. The molecule has 1 aromatic heterocycles. The fourth-order valence-electron chi connectivity index (χ4n) is 3.38. The molecule has 0 radical (unpaired) electrons. The van der Waals surface area contributed by atoms with Crippen LogP contribution in [0.3, 0.4) is 0 Å². The summed E-state index contributed by atoms with van der Waals surface area (Å²) < 4.78 is 57.9. The molecule has 4 rings (SSSR count). The van der Waals surface area contributed by atoms with Crippen LogP contribution in [0.15, 0.2) is 53.1 Å². The Bertz CT molecular complexity index is 1140. The predicted octanol–water partition coefficient (Wildman–Crippen LogP) is 4.93. The molecule has 0 aliphatic heterocycles. The highest BCUT2D eigenvalue weighted by Crippen LogP contribution is 2.49. The van der Waals surface area contributed by atoms with Gasteiger partial charge >= 0.3 is 6.36 Å². The van der Waals surface area contributed by atoms with Crippen LogP contribution in [-0.2, 0) is 10.2 Å². The highest BCUT2D eigenvalue weighted by atomic mass is 19.4. The number of halogens is 3. The molecule has 0 spiro atoms. The van der Waals surface area contributed by atoms with E-state index in [1.165, 1.54) is 32.4 Å². The van der Waals surface area contributed by atoms with Crippen molar-refractivity contribution in [3.63, 3.8) is 0 Å². The molecule has 1 amide bonds. The Hall–Kier alpha value is -3.69. The number of amides is 1. The lowest BCUT2D eigenvalue weighted by molar-refractivity contribution is -0.274. The van der Waals surface area contributed by atoms with Crippen LogP contribution in [0.2, 0.25) is 0 Å². The highest BCUT2D eigenvalue weighted by molar-refractivity contribution is 6.02. The normalized spacial score (nSPS) is 14.5. The first-order chi connectivity index (χ1) is 15.3. The van der Waals surface area contributed by atoms with Crippen molar-refractivity contribution in [2.75, 3.05) is 19.5 Å². The second-order valence-electron chi connectivity index (χ2n) is 7.23. The van der Waals surface area contributed by atoms with Gasteiger partial charge in [0.2, 0.25) is 5.91 Å². The Labute approximate surface area is 181 Å². The van der Waals surface area contributed by atoms with Crippen LogP contribution in [0.4, 0.5) is 18.9 Å². The maximum Gasteiger partial charge on any atom is 0.573 e. The van der Waals surface area contributed by atoms with Crippen molar-refractivity contribution in [2.45, 2.75) is 24.6 Å². The molecule has 1 N–H and O–H groups in total. The van der Waals surface area contributed by atoms with Crippen molar-refractivity contribution in [2.24, 2.45) is 0 Å². The van der Waals surface area contributed by atoms with Crippen LogP contribution in [0, 0.1) is 0 Å². The standard InChI is InChI=1S/C22H19F3N2O5/c1-29-16-8-7-13(11-18(16)30-2)17-12-19(27-32-17)21(9-10-21)20(28)26-14-5-3-4-6-15(14)31-22(23,24)25/h3-8,11-12H,9-10H2,1-2H3,(H,26,28). The maximum absolute atomic E-state index is 13.0. The molecule has 32 heavy (non-hydrogen) atoms. The van der Waals surface area contributed by atoms with E-state index in [1.54, 1.807) is 24.3 Å². The molecule has 0 bridgehead atoms. The molecule has 3 aromatic rings. The number of hydrogen-bond donors (Lipinski definition) is 1. The molecule has 168 valence electrons. The van der Waals surface area contributed by atoms with Gasteiger partial charge in [-0.3, -0.25) is 4.79 Å². The SMILES string of the molecule is COc1ccc(-c2cc(C3(C(=O)Nc4ccccc4OC(F)(F)F)CC3)no2)cc1OC. The zero-order valence-corrected chi connectivity index (χ0v) is 17.2. The molecule has 1 saturated carbocycles. The molecular formula is C22H19F3N2O5. The minimum absolute atomic E-state index is 0.0790. The molecular weight excluding hydrogens is 429 g/mol. The van der Waals surface area contributed by atoms with Gasteiger partial charge in [-0.25, -0.2) is 0 Å². The summed E-state index contributed by atoms with van der Waals surface area (Å²) >= 11 is 0. The Kier molecular flexibility index (Phi) is 5.45. The Balaban J connectivity index is 1.56. The number of methoxy groups -OCH3 is 2. The minimum atomic E-state index is -4.88. The van der Waals surface area contributed by atoms with Crippen molar-refractivity contribution in [3.8, 4) is 28.6 Å². The molecule has 0 atom stereocenters. The molecule has 10 heteroatoms. The van der Waals surface area contributed by atoms with Gasteiger partial charge in [-0.05, 0) is 43.2 Å². The number of nitrogens with zero attached hydrogens (tertiary/aromatic N) is 1. The summed E-state index contributed by atoms with van der Waals surface area (Å²) in [4.78, 5) is 13.0. The van der Waals surface area contributed by atoms with Crippen LogP contribution in [0.25, 0.3) is 11.3 Å². The lowest BCUT2D eigenvalue weighted by Crippen LogP contribution is -2.28. The van der Waals surface area contributed by atoms with Crippen molar-refractivity contribution in [1.29, 1.82) is 0 Å². The number of nitrogens with one attached hydrogen (secondary N) is 1. The molecule has 7 nitrogen and oxygen atoms in total. The first-order valence-electron chi connectivity index (χ1n) is 9.61. The number of anilines is 1. The summed E-state index contributed by atoms with van der Waals surface area (Å²) in [5, 5.41) is 6.58. The van der Waals surface area contributed by atoms with Gasteiger partial charge in [0.15, 0.2) is 23.0 Å². The number of aromatic nitrogens is 1. The van der Waals surface area contributed by atoms with Gasteiger partial charge in [-0.15, -0.1) is 13.2 Å². The van der Waals surface area contributed by atoms with E-state index >= 15 is 0 Å². The van der Waals surface area contributed by atoms with Crippen LogP contribution in [0.1, 0.15) is 18.5 Å². The first-order valence-corrected chi connectivity index (χ1v) is 9.61. The molecule has 2 aromatic carbocycles. The largest absolute Gasteiger partial charge is 0.573 e. The van der Waals surface area contributed by atoms with Crippen molar-refractivity contribution < 1.29 is 36.7 Å². The first kappa shape index (κ1) is 21.5. The summed E-state index contributed by atoms with van der Waals surface area (Å²) in [6, 6.07) is 12.2. The number of carbonyl (C=O) groups is 1. The van der Waals surface area contributed by atoms with Gasteiger partial charge in [0.25, 0.3) is 0 Å². The van der Waals surface area contributed by atoms with Crippen LogP contribution in [0.5, 0.6) is 17.2 Å². The zero-order valence-electron chi connectivity index (χ0n) is 17.2.